The molecule has 0 aromatic heterocycles. The van der Waals surface area contributed by atoms with E-state index in [0.29, 0.717) is 11.3 Å². The van der Waals surface area contributed by atoms with Crippen LogP contribution in [0.4, 0.5) is 0 Å². The third kappa shape index (κ3) is 3.02. The van der Waals surface area contributed by atoms with Gasteiger partial charge in [-0.25, -0.2) is 0 Å². The molecule has 0 N–H and O–H groups in total. The second kappa shape index (κ2) is 5.95. The zero-order chi connectivity index (χ0) is 15.0. The smallest absolute Gasteiger partial charge is 0.0375 e. The highest BCUT2D eigenvalue weighted by molar-refractivity contribution is 6.20. The average Bonchev–Trinajstić information content (AvgIpc) is 2.36. The molecule has 0 saturated heterocycles. The molecule has 3 atom stereocenters. The molecule has 2 aliphatic rings. The van der Waals surface area contributed by atoms with Crippen LogP contribution < -0.4 is 0 Å². The van der Waals surface area contributed by atoms with Gasteiger partial charge in [0.1, 0.15) is 0 Å². The number of hydrogen-bond acceptors (Lipinski definition) is 0. The van der Waals surface area contributed by atoms with Crippen LogP contribution in [-0.2, 0) is 5.41 Å². The van der Waals surface area contributed by atoms with Crippen LogP contribution in [0.3, 0.4) is 0 Å². The van der Waals surface area contributed by atoms with E-state index in [1.807, 2.05) is 0 Å². The molecule has 0 heterocycles. The monoisotopic (exact) mass is 304 g/mol. The van der Waals surface area contributed by atoms with Crippen LogP contribution in [0.2, 0.25) is 0 Å². The van der Waals surface area contributed by atoms with Crippen molar-refractivity contribution in [1.29, 1.82) is 0 Å². The Hall–Kier alpha value is -0.490. The predicted octanol–water partition coefficient (Wildman–Crippen LogP) is 6.28. The Kier molecular flexibility index (Phi) is 4.37. The van der Waals surface area contributed by atoms with E-state index in [2.05, 4.69) is 45.0 Å². The zero-order valence-electron chi connectivity index (χ0n) is 13.7. The minimum Gasteiger partial charge on any atom is -0.123 e. The van der Waals surface area contributed by atoms with Gasteiger partial charge in [-0.05, 0) is 60.0 Å². The fourth-order valence-corrected chi connectivity index (χ4v) is 5.02. The standard InChI is InChI=1S/C20H29Cl/c1-14-10-11-18(19(21)12-14)20(2,3)17-9-5-8-16(13-17)15-6-4-7-15/h5,8-9,13-15,18-19H,4,6-7,10-12H2,1-3H3. The van der Waals surface area contributed by atoms with Crippen molar-refractivity contribution in [2.24, 2.45) is 11.8 Å². The van der Waals surface area contributed by atoms with Crippen LogP contribution in [0.15, 0.2) is 24.3 Å². The van der Waals surface area contributed by atoms with Gasteiger partial charge in [0.15, 0.2) is 0 Å². The van der Waals surface area contributed by atoms with Gasteiger partial charge in [-0.2, -0.15) is 0 Å². The third-order valence-electron chi connectivity index (χ3n) is 6.17. The number of benzene rings is 1. The lowest BCUT2D eigenvalue weighted by Crippen LogP contribution is -2.38. The number of rotatable bonds is 3. The Morgan fingerprint density at radius 3 is 2.48 bits per heavy atom. The van der Waals surface area contributed by atoms with E-state index in [1.165, 1.54) is 44.1 Å². The predicted molar refractivity (Wildman–Crippen MR) is 92.2 cm³/mol. The van der Waals surface area contributed by atoms with E-state index in [9.17, 15) is 0 Å². The lowest BCUT2D eigenvalue weighted by molar-refractivity contribution is 0.207. The lowest BCUT2D eigenvalue weighted by Gasteiger charge is -2.42. The summed E-state index contributed by atoms with van der Waals surface area (Å²) in [6, 6.07) is 9.39. The van der Waals surface area contributed by atoms with Crippen molar-refractivity contribution in [1.82, 2.24) is 0 Å². The first-order chi connectivity index (χ1) is 9.98. The van der Waals surface area contributed by atoms with Gasteiger partial charge in [0.05, 0.1) is 0 Å². The van der Waals surface area contributed by atoms with Gasteiger partial charge in [0.25, 0.3) is 0 Å². The Labute approximate surface area is 135 Å². The van der Waals surface area contributed by atoms with Crippen molar-refractivity contribution in [3.05, 3.63) is 35.4 Å². The first-order valence-corrected chi connectivity index (χ1v) is 9.16. The highest BCUT2D eigenvalue weighted by Crippen LogP contribution is 2.45. The summed E-state index contributed by atoms with van der Waals surface area (Å²) < 4.78 is 0. The van der Waals surface area contributed by atoms with E-state index in [-0.39, 0.29) is 5.41 Å². The van der Waals surface area contributed by atoms with Crippen LogP contribution in [0.1, 0.15) is 76.3 Å². The third-order valence-corrected chi connectivity index (χ3v) is 6.65. The van der Waals surface area contributed by atoms with Crippen LogP contribution in [0.25, 0.3) is 0 Å². The summed E-state index contributed by atoms with van der Waals surface area (Å²) >= 11 is 6.75. The summed E-state index contributed by atoms with van der Waals surface area (Å²) in [6.45, 7) is 7.15. The molecule has 0 radical (unpaired) electrons. The van der Waals surface area contributed by atoms with E-state index in [1.54, 1.807) is 5.56 Å². The van der Waals surface area contributed by atoms with Crippen molar-refractivity contribution in [3.8, 4) is 0 Å². The second-order valence-corrected chi connectivity index (χ2v) is 8.58. The molecular weight excluding hydrogens is 276 g/mol. The van der Waals surface area contributed by atoms with Crippen LogP contribution in [0, 0.1) is 11.8 Å². The lowest BCUT2D eigenvalue weighted by atomic mass is 9.65. The van der Waals surface area contributed by atoms with Crippen LogP contribution in [-0.4, -0.2) is 5.38 Å². The molecular formula is C20H29Cl. The van der Waals surface area contributed by atoms with Crippen molar-refractivity contribution < 1.29 is 0 Å². The molecule has 0 spiro atoms. The van der Waals surface area contributed by atoms with Crippen LogP contribution >= 0.6 is 11.6 Å². The number of alkyl halides is 1. The largest absolute Gasteiger partial charge is 0.123 e. The molecule has 2 fully saturated rings. The maximum absolute atomic E-state index is 6.75. The van der Waals surface area contributed by atoms with Gasteiger partial charge >= 0.3 is 0 Å². The minimum absolute atomic E-state index is 0.187. The Balaban J connectivity index is 1.83. The van der Waals surface area contributed by atoms with Gasteiger partial charge in [-0.15, -0.1) is 11.6 Å². The molecule has 1 aromatic rings. The van der Waals surface area contributed by atoms with Gasteiger partial charge < -0.3 is 0 Å². The second-order valence-electron chi connectivity index (χ2n) is 8.02. The van der Waals surface area contributed by atoms with E-state index in [0.717, 1.165) is 11.8 Å². The van der Waals surface area contributed by atoms with Gasteiger partial charge in [-0.3, -0.25) is 0 Å². The Morgan fingerprint density at radius 1 is 1.10 bits per heavy atom. The first kappa shape index (κ1) is 15.4. The van der Waals surface area contributed by atoms with Gasteiger partial charge in [-0.1, -0.05) is 57.9 Å². The molecule has 1 heteroatoms. The topological polar surface area (TPSA) is 0 Å². The molecule has 21 heavy (non-hydrogen) atoms. The normalized spacial score (nSPS) is 31.0. The highest BCUT2D eigenvalue weighted by atomic mass is 35.5. The number of hydrogen-bond donors (Lipinski definition) is 0. The molecule has 1 aromatic carbocycles. The summed E-state index contributed by atoms with van der Waals surface area (Å²) in [5.41, 5.74) is 3.24. The van der Waals surface area contributed by atoms with E-state index in [4.69, 9.17) is 11.6 Å². The highest BCUT2D eigenvalue weighted by Gasteiger charge is 2.39. The van der Waals surface area contributed by atoms with Crippen molar-refractivity contribution in [3.63, 3.8) is 0 Å². The molecule has 0 nitrogen and oxygen atoms in total. The fourth-order valence-electron chi connectivity index (χ4n) is 4.27. The van der Waals surface area contributed by atoms with E-state index >= 15 is 0 Å². The maximum Gasteiger partial charge on any atom is 0.0375 e. The van der Waals surface area contributed by atoms with Crippen molar-refractivity contribution in [2.45, 2.75) is 76.0 Å². The Morgan fingerprint density at radius 2 is 1.86 bits per heavy atom. The summed E-state index contributed by atoms with van der Waals surface area (Å²) in [7, 11) is 0. The molecule has 3 unspecified atom stereocenters. The molecule has 0 aliphatic heterocycles. The van der Waals surface area contributed by atoms with Crippen LogP contribution in [0.5, 0.6) is 0 Å². The summed E-state index contributed by atoms with van der Waals surface area (Å²) in [5.74, 6) is 2.21. The maximum atomic E-state index is 6.75. The fraction of sp³-hybridized carbons (Fsp3) is 0.700. The summed E-state index contributed by atoms with van der Waals surface area (Å²) in [6.07, 6.45) is 7.95. The Bertz CT molecular complexity index is 486. The minimum atomic E-state index is 0.187. The molecule has 0 bridgehead atoms. The quantitative estimate of drug-likeness (QED) is 0.577. The SMILES string of the molecule is CC1CCC(C(C)(C)c2cccc(C3CCC3)c2)C(Cl)C1. The zero-order valence-corrected chi connectivity index (χ0v) is 14.5. The molecule has 2 saturated carbocycles. The molecule has 116 valence electrons. The number of halogens is 1. The van der Waals surface area contributed by atoms with Gasteiger partial charge in [0, 0.05) is 5.38 Å². The first-order valence-electron chi connectivity index (χ1n) is 8.73. The molecule has 3 rings (SSSR count). The summed E-state index contributed by atoms with van der Waals surface area (Å²) in [5, 5.41) is 0.330. The van der Waals surface area contributed by atoms with E-state index < -0.39 is 0 Å². The van der Waals surface area contributed by atoms with Crippen molar-refractivity contribution in [2.75, 3.05) is 0 Å². The van der Waals surface area contributed by atoms with Crippen molar-refractivity contribution >= 4 is 11.6 Å². The summed E-state index contributed by atoms with van der Waals surface area (Å²) in [4.78, 5) is 0. The van der Waals surface area contributed by atoms with Gasteiger partial charge in [0.2, 0.25) is 0 Å². The molecule has 0 amide bonds. The average molecular weight is 305 g/mol. The molecule has 2 aliphatic carbocycles.